The van der Waals surface area contributed by atoms with Crippen LogP contribution in [0, 0.1) is 5.92 Å². The van der Waals surface area contributed by atoms with Crippen LogP contribution >= 0.6 is 0 Å². The van der Waals surface area contributed by atoms with Crippen LogP contribution in [0.2, 0.25) is 0 Å². The predicted molar refractivity (Wildman–Crippen MR) is 101 cm³/mol. The van der Waals surface area contributed by atoms with E-state index >= 15 is 0 Å². The van der Waals surface area contributed by atoms with Crippen molar-refractivity contribution in [2.45, 2.75) is 18.9 Å². The first-order valence-corrected chi connectivity index (χ1v) is 8.99. The molecule has 2 aliphatic rings. The number of carbonyl (C=O) groups is 1. The van der Waals surface area contributed by atoms with Gasteiger partial charge in [-0.05, 0) is 56.6 Å². The van der Waals surface area contributed by atoms with E-state index in [0.29, 0.717) is 17.5 Å². The Balaban J connectivity index is 1.46. The molecule has 1 aromatic carbocycles. The van der Waals surface area contributed by atoms with Crippen molar-refractivity contribution in [2.75, 3.05) is 13.6 Å². The highest BCUT2D eigenvalue weighted by molar-refractivity contribution is 5.96. The van der Waals surface area contributed by atoms with Crippen LogP contribution in [0.25, 0.3) is 11.3 Å². The van der Waals surface area contributed by atoms with Crippen LogP contribution in [0.5, 0.6) is 0 Å². The van der Waals surface area contributed by atoms with Gasteiger partial charge in [0, 0.05) is 35.3 Å². The second-order valence-electron chi connectivity index (χ2n) is 6.88. The summed E-state index contributed by atoms with van der Waals surface area (Å²) in [6.07, 6.45) is 13.9. The van der Waals surface area contributed by atoms with Crippen LogP contribution in [0.15, 0.2) is 66.8 Å². The molecular formula is C21H22N4O. The molecule has 0 saturated carbocycles. The molecule has 0 radical (unpaired) electrons. The summed E-state index contributed by atoms with van der Waals surface area (Å²) in [6.45, 7) is 1.11. The fraction of sp³-hybridized carbons (Fsp3) is 0.286. The molecule has 4 rings (SSSR count). The van der Waals surface area contributed by atoms with E-state index in [9.17, 15) is 4.79 Å². The topological polar surface area (TPSA) is 58.1 Å². The number of hydrogen-bond acceptors (Lipinski definition) is 4. The smallest absolute Gasteiger partial charge is 0.255 e. The lowest BCUT2D eigenvalue weighted by atomic mass is 9.85. The van der Waals surface area contributed by atoms with Gasteiger partial charge in [0.05, 0.1) is 11.9 Å². The third-order valence-electron chi connectivity index (χ3n) is 5.13. The minimum Gasteiger partial charge on any atom is -0.322 e. The van der Waals surface area contributed by atoms with Gasteiger partial charge < -0.3 is 5.32 Å². The number of rotatable bonds is 3. The number of aromatic nitrogens is 2. The molecule has 5 nitrogen and oxygen atoms in total. The molecule has 2 unspecified atom stereocenters. The molecule has 1 aliphatic heterocycles. The predicted octanol–water partition coefficient (Wildman–Crippen LogP) is 3.04. The quantitative estimate of drug-likeness (QED) is 0.928. The Morgan fingerprint density at radius 1 is 1.23 bits per heavy atom. The molecule has 2 atom stereocenters. The molecule has 2 heterocycles. The van der Waals surface area contributed by atoms with E-state index in [-0.39, 0.29) is 5.91 Å². The number of nitrogens with one attached hydrogen (secondary N) is 1. The largest absolute Gasteiger partial charge is 0.322 e. The number of amides is 1. The number of nitrogens with zero attached hydrogens (tertiary/aromatic N) is 3. The van der Waals surface area contributed by atoms with Gasteiger partial charge in [-0.3, -0.25) is 19.7 Å². The van der Waals surface area contributed by atoms with Gasteiger partial charge in [0.2, 0.25) is 0 Å². The second-order valence-corrected chi connectivity index (χ2v) is 6.88. The van der Waals surface area contributed by atoms with Crippen LogP contribution in [-0.2, 0) is 0 Å². The van der Waals surface area contributed by atoms with Crippen molar-refractivity contribution in [3.8, 4) is 11.3 Å². The van der Waals surface area contributed by atoms with E-state index in [2.05, 4.69) is 39.4 Å². The maximum atomic E-state index is 12.6. The number of benzene rings is 1. The lowest BCUT2D eigenvalue weighted by Gasteiger charge is -2.38. The molecule has 1 aromatic heterocycles. The Labute approximate surface area is 153 Å². The average molecular weight is 346 g/mol. The number of fused-ring (bicyclic) bond motifs is 1. The van der Waals surface area contributed by atoms with E-state index in [1.165, 1.54) is 12.8 Å². The summed E-state index contributed by atoms with van der Waals surface area (Å²) < 4.78 is 0. The minimum atomic E-state index is -0.0940. The lowest BCUT2D eigenvalue weighted by Crippen LogP contribution is -2.42. The third kappa shape index (κ3) is 3.44. The summed E-state index contributed by atoms with van der Waals surface area (Å²) in [7, 11) is 2.15. The normalized spacial score (nSPS) is 22.4. The van der Waals surface area contributed by atoms with Gasteiger partial charge in [-0.25, -0.2) is 0 Å². The Morgan fingerprint density at radius 2 is 2.08 bits per heavy atom. The van der Waals surface area contributed by atoms with E-state index in [4.69, 9.17) is 0 Å². The first-order chi connectivity index (χ1) is 12.7. The summed E-state index contributed by atoms with van der Waals surface area (Å²) in [4.78, 5) is 23.3. The number of piperidine rings is 1. The van der Waals surface area contributed by atoms with Gasteiger partial charge in [-0.15, -0.1) is 0 Å². The van der Waals surface area contributed by atoms with Crippen LogP contribution < -0.4 is 5.32 Å². The summed E-state index contributed by atoms with van der Waals surface area (Å²) in [5, 5.41) is 3.03. The van der Waals surface area contributed by atoms with Crippen LogP contribution in [-0.4, -0.2) is 40.4 Å². The SMILES string of the molecule is CN1CCCC2C=CC(NC(=O)c3ccc(-c4cnccn4)cc3)=CC21. The molecule has 1 fully saturated rings. The molecule has 1 saturated heterocycles. The number of hydrogen-bond donors (Lipinski definition) is 1. The van der Waals surface area contributed by atoms with Gasteiger partial charge in [0.15, 0.2) is 0 Å². The zero-order valence-electron chi connectivity index (χ0n) is 14.8. The van der Waals surface area contributed by atoms with Crippen LogP contribution in [0.1, 0.15) is 23.2 Å². The van der Waals surface area contributed by atoms with Gasteiger partial charge in [-0.1, -0.05) is 18.2 Å². The van der Waals surface area contributed by atoms with Crippen molar-refractivity contribution >= 4 is 5.91 Å². The van der Waals surface area contributed by atoms with Crippen LogP contribution in [0.3, 0.4) is 0 Å². The van der Waals surface area contributed by atoms with Crippen molar-refractivity contribution < 1.29 is 4.79 Å². The highest BCUT2D eigenvalue weighted by Gasteiger charge is 2.28. The molecule has 1 N–H and O–H groups in total. The molecule has 132 valence electrons. The number of likely N-dealkylation sites (N-methyl/N-ethyl adjacent to an activating group) is 1. The average Bonchev–Trinajstić information content (AvgIpc) is 2.69. The summed E-state index contributed by atoms with van der Waals surface area (Å²) in [5.74, 6) is 0.462. The summed E-state index contributed by atoms with van der Waals surface area (Å²) in [5.41, 5.74) is 3.25. The van der Waals surface area contributed by atoms with Gasteiger partial charge in [0.25, 0.3) is 5.91 Å². The number of likely N-dealkylation sites (tertiary alicyclic amines) is 1. The van der Waals surface area contributed by atoms with Crippen LogP contribution in [0.4, 0.5) is 0 Å². The fourth-order valence-corrected chi connectivity index (χ4v) is 3.68. The van der Waals surface area contributed by atoms with E-state index in [1.807, 2.05) is 30.3 Å². The third-order valence-corrected chi connectivity index (χ3v) is 5.13. The lowest BCUT2D eigenvalue weighted by molar-refractivity contribution is 0.0965. The molecule has 5 heteroatoms. The number of carbonyl (C=O) groups excluding carboxylic acids is 1. The highest BCUT2D eigenvalue weighted by atomic mass is 16.1. The summed E-state index contributed by atoms with van der Waals surface area (Å²) in [6, 6.07) is 7.82. The van der Waals surface area contributed by atoms with Crippen molar-refractivity contribution in [3.05, 3.63) is 72.3 Å². The summed E-state index contributed by atoms with van der Waals surface area (Å²) >= 11 is 0. The molecule has 2 aromatic rings. The van der Waals surface area contributed by atoms with Gasteiger partial charge in [0.1, 0.15) is 0 Å². The molecular weight excluding hydrogens is 324 g/mol. The van der Waals surface area contributed by atoms with Crippen molar-refractivity contribution in [1.29, 1.82) is 0 Å². The van der Waals surface area contributed by atoms with Crippen molar-refractivity contribution in [2.24, 2.45) is 5.92 Å². The Hall–Kier alpha value is -2.79. The highest BCUT2D eigenvalue weighted by Crippen LogP contribution is 2.28. The van der Waals surface area contributed by atoms with Crippen molar-refractivity contribution in [1.82, 2.24) is 20.2 Å². The maximum Gasteiger partial charge on any atom is 0.255 e. The number of allylic oxidation sites excluding steroid dienone is 1. The molecule has 0 spiro atoms. The zero-order chi connectivity index (χ0) is 17.9. The monoisotopic (exact) mass is 346 g/mol. The van der Waals surface area contributed by atoms with E-state index in [0.717, 1.165) is 23.5 Å². The Bertz CT molecular complexity index is 842. The standard InChI is InChI=1S/C21H22N4O/c1-25-12-2-3-16-8-9-18(13-20(16)25)24-21(26)17-6-4-15(5-7-17)19-14-22-10-11-23-19/h4-11,13-14,16,20H,2-3,12H2,1H3,(H,24,26). The molecule has 1 aliphatic carbocycles. The molecule has 26 heavy (non-hydrogen) atoms. The Morgan fingerprint density at radius 3 is 2.85 bits per heavy atom. The fourth-order valence-electron chi connectivity index (χ4n) is 3.68. The van der Waals surface area contributed by atoms with E-state index < -0.39 is 0 Å². The maximum absolute atomic E-state index is 12.6. The first-order valence-electron chi connectivity index (χ1n) is 8.99. The van der Waals surface area contributed by atoms with Gasteiger partial charge >= 0.3 is 0 Å². The minimum absolute atomic E-state index is 0.0940. The van der Waals surface area contributed by atoms with Crippen molar-refractivity contribution in [3.63, 3.8) is 0 Å². The second kappa shape index (κ2) is 7.22. The molecule has 0 bridgehead atoms. The molecule has 1 amide bonds. The zero-order valence-corrected chi connectivity index (χ0v) is 14.8. The van der Waals surface area contributed by atoms with Gasteiger partial charge in [-0.2, -0.15) is 0 Å². The van der Waals surface area contributed by atoms with E-state index in [1.54, 1.807) is 18.6 Å². The first kappa shape index (κ1) is 16.7. The Kier molecular flexibility index (Phi) is 4.63.